The number of halogens is 6. The minimum atomic E-state index is -5.80. The van der Waals surface area contributed by atoms with Crippen molar-refractivity contribution in [3.05, 3.63) is 0 Å². The van der Waals surface area contributed by atoms with Crippen LogP contribution in [-0.4, -0.2) is 18.1 Å². The van der Waals surface area contributed by atoms with Crippen LogP contribution in [0, 0.1) is 0 Å². The predicted molar refractivity (Wildman–Crippen MR) is 17.0 cm³/mol. The molecule has 0 aromatic rings. The molecule has 0 bridgehead atoms. The molecule has 0 amide bonds. The third-order valence-corrected chi connectivity index (χ3v) is 1.00. The Balaban J connectivity index is 2.86. The third-order valence-electron chi connectivity index (χ3n) is 1.00. The first kappa shape index (κ1) is 8.60. The Hall–Kier alpha value is -0.500. The van der Waals surface area contributed by atoms with E-state index in [-0.39, 0.29) is 0 Å². The minimum absolute atomic E-state index is 2.63. The van der Waals surface area contributed by atoms with Crippen LogP contribution >= 0.6 is 0 Å². The van der Waals surface area contributed by atoms with Crippen LogP contribution in [-0.2, 0) is 9.78 Å². The number of hydrogen-bond acceptors (Lipinski definition) is 2. The SMILES string of the molecule is FC(F)(F)C1(F)OOC1(F)F. The molecule has 1 heterocycles. The summed E-state index contributed by atoms with van der Waals surface area (Å²) in [6.07, 6.45) is -10.8. The second kappa shape index (κ2) is 1.81. The molecule has 1 saturated heterocycles. The zero-order valence-electron chi connectivity index (χ0n) is 4.58. The van der Waals surface area contributed by atoms with Crippen molar-refractivity contribution in [3.8, 4) is 0 Å². The molecule has 0 spiro atoms. The van der Waals surface area contributed by atoms with Gasteiger partial charge in [0.15, 0.2) is 0 Å². The highest BCUT2D eigenvalue weighted by atomic mass is 19.4. The molecule has 1 unspecified atom stereocenters. The minimum Gasteiger partial charge on any atom is -0.189 e. The monoisotopic (exact) mass is 182 g/mol. The molecule has 1 atom stereocenters. The Labute approximate surface area is 55.6 Å². The van der Waals surface area contributed by atoms with E-state index in [0.29, 0.717) is 0 Å². The van der Waals surface area contributed by atoms with Gasteiger partial charge in [0, 0.05) is 0 Å². The average Bonchev–Trinajstić information content (AvgIpc) is 1.81. The van der Waals surface area contributed by atoms with Gasteiger partial charge in [-0.1, -0.05) is 0 Å². The maximum Gasteiger partial charge on any atom is 0.460 e. The topological polar surface area (TPSA) is 18.5 Å². The molecule has 66 valence electrons. The molecular weight excluding hydrogens is 182 g/mol. The van der Waals surface area contributed by atoms with Gasteiger partial charge >= 0.3 is 18.1 Å². The van der Waals surface area contributed by atoms with E-state index in [0.717, 1.165) is 0 Å². The van der Waals surface area contributed by atoms with Crippen LogP contribution in [0.25, 0.3) is 0 Å². The maximum atomic E-state index is 12.0. The van der Waals surface area contributed by atoms with Crippen molar-refractivity contribution in [3.63, 3.8) is 0 Å². The lowest BCUT2D eigenvalue weighted by molar-refractivity contribution is -0.685. The molecule has 0 aliphatic carbocycles. The van der Waals surface area contributed by atoms with Gasteiger partial charge in [0.2, 0.25) is 0 Å². The molecule has 0 N–H and O–H groups in total. The molecule has 0 radical (unpaired) electrons. The first-order valence-electron chi connectivity index (χ1n) is 2.21. The molecule has 1 aliphatic rings. The van der Waals surface area contributed by atoms with Crippen LogP contribution < -0.4 is 0 Å². The van der Waals surface area contributed by atoms with Crippen LogP contribution in [0.4, 0.5) is 26.3 Å². The molecule has 11 heavy (non-hydrogen) atoms. The third kappa shape index (κ3) is 0.890. The molecule has 0 aromatic heterocycles. The molecule has 2 nitrogen and oxygen atoms in total. The van der Waals surface area contributed by atoms with Gasteiger partial charge in [-0.25, -0.2) is 0 Å². The van der Waals surface area contributed by atoms with Crippen molar-refractivity contribution in [2.45, 2.75) is 18.1 Å². The lowest BCUT2D eigenvalue weighted by atomic mass is 10.2. The molecule has 8 heteroatoms. The molecular formula is C3F6O2. The van der Waals surface area contributed by atoms with E-state index >= 15 is 0 Å². The predicted octanol–water partition coefficient (Wildman–Crippen LogP) is 1.77. The molecule has 1 fully saturated rings. The fraction of sp³-hybridized carbons (Fsp3) is 1.00. The highest BCUT2D eigenvalue weighted by Gasteiger charge is 2.83. The van der Waals surface area contributed by atoms with Gasteiger partial charge in [-0.3, -0.25) is 0 Å². The summed E-state index contributed by atoms with van der Waals surface area (Å²) >= 11 is 0. The molecule has 0 saturated carbocycles. The van der Waals surface area contributed by atoms with Crippen LogP contribution in [0.5, 0.6) is 0 Å². The molecule has 1 aliphatic heterocycles. The first-order valence-corrected chi connectivity index (χ1v) is 2.21. The van der Waals surface area contributed by atoms with E-state index < -0.39 is 18.1 Å². The lowest BCUT2D eigenvalue weighted by Crippen LogP contribution is -2.66. The largest absolute Gasteiger partial charge is 0.460 e. The Morgan fingerprint density at radius 2 is 1.36 bits per heavy atom. The number of alkyl halides is 6. The van der Waals surface area contributed by atoms with Crippen molar-refractivity contribution in [1.29, 1.82) is 0 Å². The van der Waals surface area contributed by atoms with Crippen molar-refractivity contribution >= 4 is 0 Å². The molecule has 0 aromatic carbocycles. The van der Waals surface area contributed by atoms with Crippen molar-refractivity contribution in [1.82, 2.24) is 0 Å². The van der Waals surface area contributed by atoms with Crippen molar-refractivity contribution in [2.24, 2.45) is 0 Å². The average molecular weight is 182 g/mol. The smallest absolute Gasteiger partial charge is 0.189 e. The summed E-state index contributed by atoms with van der Waals surface area (Å²) in [5, 5.41) is 0. The summed E-state index contributed by atoms with van der Waals surface area (Å²) in [4.78, 5) is 5.29. The summed E-state index contributed by atoms with van der Waals surface area (Å²) < 4.78 is 69.2. The first-order chi connectivity index (χ1) is 4.71. The second-order valence-corrected chi connectivity index (χ2v) is 1.78. The summed E-state index contributed by atoms with van der Waals surface area (Å²) in [5.41, 5.74) is 0. The van der Waals surface area contributed by atoms with E-state index in [1.54, 1.807) is 0 Å². The van der Waals surface area contributed by atoms with Gasteiger partial charge in [-0.05, 0) is 0 Å². The quantitative estimate of drug-likeness (QED) is 0.419. The highest BCUT2D eigenvalue weighted by molar-refractivity contribution is 4.88. The fourth-order valence-electron chi connectivity index (χ4n) is 0.390. The van der Waals surface area contributed by atoms with E-state index in [1.165, 1.54) is 0 Å². The Morgan fingerprint density at radius 3 is 1.36 bits per heavy atom. The van der Waals surface area contributed by atoms with Crippen LogP contribution in [0.2, 0.25) is 0 Å². The summed E-state index contributed by atoms with van der Waals surface area (Å²) in [6.45, 7) is 0. The fourth-order valence-corrected chi connectivity index (χ4v) is 0.390. The van der Waals surface area contributed by atoms with Gasteiger partial charge < -0.3 is 0 Å². The van der Waals surface area contributed by atoms with Gasteiger partial charge in [0.1, 0.15) is 0 Å². The second-order valence-electron chi connectivity index (χ2n) is 1.78. The van der Waals surface area contributed by atoms with Gasteiger partial charge in [0.05, 0.1) is 0 Å². The van der Waals surface area contributed by atoms with E-state index in [4.69, 9.17) is 0 Å². The van der Waals surface area contributed by atoms with Crippen molar-refractivity contribution in [2.75, 3.05) is 0 Å². The van der Waals surface area contributed by atoms with Crippen LogP contribution in [0.3, 0.4) is 0 Å². The van der Waals surface area contributed by atoms with Crippen LogP contribution in [0.15, 0.2) is 0 Å². The normalized spacial score (nSPS) is 36.5. The van der Waals surface area contributed by atoms with E-state index in [2.05, 4.69) is 9.78 Å². The zero-order chi connectivity index (χ0) is 8.91. The highest BCUT2D eigenvalue weighted by Crippen LogP contribution is 2.53. The maximum absolute atomic E-state index is 12.0. The summed E-state index contributed by atoms with van der Waals surface area (Å²) in [5.74, 6) is -5.00. The van der Waals surface area contributed by atoms with Crippen molar-refractivity contribution < 1.29 is 36.1 Å². The summed E-state index contributed by atoms with van der Waals surface area (Å²) in [6, 6.07) is 0. The Kier molecular flexibility index (Phi) is 1.41. The Morgan fingerprint density at radius 1 is 0.909 bits per heavy atom. The lowest BCUT2D eigenvalue weighted by Gasteiger charge is -2.39. The van der Waals surface area contributed by atoms with Gasteiger partial charge in [-0.2, -0.15) is 36.1 Å². The molecule has 1 rings (SSSR count). The van der Waals surface area contributed by atoms with Gasteiger partial charge in [-0.15, -0.1) is 0 Å². The number of rotatable bonds is 0. The zero-order valence-corrected chi connectivity index (χ0v) is 4.58. The van der Waals surface area contributed by atoms with E-state index in [1.807, 2.05) is 0 Å². The summed E-state index contributed by atoms with van der Waals surface area (Å²) in [7, 11) is 0. The van der Waals surface area contributed by atoms with E-state index in [9.17, 15) is 26.3 Å². The van der Waals surface area contributed by atoms with Gasteiger partial charge in [0.25, 0.3) is 0 Å². The van der Waals surface area contributed by atoms with Crippen LogP contribution in [0.1, 0.15) is 0 Å². The Bertz CT molecular complexity index is 163. The number of hydrogen-bond donors (Lipinski definition) is 0. The standard InChI is InChI=1S/C3F6O2/c4-1(2(5,6)7)3(8,9)11-10-1.